The Morgan fingerprint density at radius 1 is 1.55 bits per heavy atom. The fraction of sp³-hybridized carbons (Fsp3) is 0.571. The molecule has 1 aromatic heterocycles. The van der Waals surface area contributed by atoms with Gasteiger partial charge in [-0.1, -0.05) is 0 Å². The van der Waals surface area contributed by atoms with Crippen LogP contribution in [0, 0.1) is 0 Å². The lowest BCUT2D eigenvalue weighted by Gasteiger charge is -2.18. The van der Waals surface area contributed by atoms with Gasteiger partial charge in [0.1, 0.15) is 11.8 Å². The number of carbonyl (C=O) groups excluding carboxylic acids is 2. The topological polar surface area (TPSA) is 74.6 Å². The van der Waals surface area contributed by atoms with Gasteiger partial charge in [-0.3, -0.25) is 14.5 Å². The van der Waals surface area contributed by atoms with E-state index >= 15 is 0 Å². The maximum atomic E-state index is 11.9. The number of hydrogen-bond donors (Lipinski definition) is 2. The largest absolute Gasteiger partial charge is 0.468 e. The molecule has 1 aromatic rings. The SMILES string of the molecule is CN(CC(=O)N[C@H]1CCCCNC1=O)Cc1ccco1. The van der Waals surface area contributed by atoms with Crippen LogP contribution in [0.2, 0.25) is 0 Å². The first-order valence-corrected chi connectivity index (χ1v) is 6.93. The third kappa shape index (κ3) is 4.38. The number of nitrogens with zero attached hydrogens (tertiary/aromatic N) is 1. The molecule has 0 unspecified atom stereocenters. The molecule has 2 rings (SSSR count). The van der Waals surface area contributed by atoms with Gasteiger partial charge < -0.3 is 15.1 Å². The van der Waals surface area contributed by atoms with E-state index in [0.717, 1.165) is 18.6 Å². The van der Waals surface area contributed by atoms with Gasteiger partial charge in [0.2, 0.25) is 11.8 Å². The first-order valence-electron chi connectivity index (χ1n) is 6.93. The quantitative estimate of drug-likeness (QED) is 0.823. The molecule has 0 aromatic carbocycles. The molecule has 20 heavy (non-hydrogen) atoms. The molecule has 1 aliphatic rings. The van der Waals surface area contributed by atoms with Crippen molar-refractivity contribution >= 4 is 11.8 Å². The smallest absolute Gasteiger partial charge is 0.242 e. The lowest BCUT2D eigenvalue weighted by molar-refractivity contribution is -0.129. The zero-order valence-electron chi connectivity index (χ0n) is 11.7. The van der Waals surface area contributed by atoms with Crippen LogP contribution >= 0.6 is 0 Å². The summed E-state index contributed by atoms with van der Waals surface area (Å²) >= 11 is 0. The van der Waals surface area contributed by atoms with Gasteiger partial charge in [0.15, 0.2) is 0 Å². The highest BCUT2D eigenvalue weighted by atomic mass is 16.3. The molecule has 2 amide bonds. The van der Waals surface area contributed by atoms with Gasteiger partial charge in [-0.25, -0.2) is 0 Å². The van der Waals surface area contributed by atoms with E-state index in [1.807, 2.05) is 24.1 Å². The Labute approximate surface area is 118 Å². The van der Waals surface area contributed by atoms with Crippen molar-refractivity contribution in [1.82, 2.24) is 15.5 Å². The van der Waals surface area contributed by atoms with E-state index in [1.165, 1.54) is 0 Å². The second kappa shape index (κ2) is 7.09. The molecule has 1 aliphatic heterocycles. The van der Waals surface area contributed by atoms with Crippen LogP contribution in [-0.4, -0.2) is 42.9 Å². The Balaban J connectivity index is 1.77. The average Bonchev–Trinajstić information content (AvgIpc) is 2.81. The molecule has 0 spiro atoms. The van der Waals surface area contributed by atoms with E-state index in [9.17, 15) is 9.59 Å². The van der Waals surface area contributed by atoms with E-state index in [4.69, 9.17) is 4.42 Å². The summed E-state index contributed by atoms with van der Waals surface area (Å²) in [4.78, 5) is 25.5. The minimum absolute atomic E-state index is 0.0791. The first kappa shape index (κ1) is 14.6. The van der Waals surface area contributed by atoms with E-state index < -0.39 is 6.04 Å². The van der Waals surface area contributed by atoms with Crippen LogP contribution in [-0.2, 0) is 16.1 Å². The van der Waals surface area contributed by atoms with Gasteiger partial charge in [0, 0.05) is 6.54 Å². The summed E-state index contributed by atoms with van der Waals surface area (Å²) < 4.78 is 5.23. The van der Waals surface area contributed by atoms with Crippen LogP contribution in [0.4, 0.5) is 0 Å². The summed E-state index contributed by atoms with van der Waals surface area (Å²) in [5, 5.41) is 5.60. The molecular formula is C14H21N3O3. The van der Waals surface area contributed by atoms with Crippen LogP contribution in [0.5, 0.6) is 0 Å². The van der Waals surface area contributed by atoms with E-state index in [0.29, 0.717) is 19.5 Å². The first-order chi connectivity index (χ1) is 9.65. The van der Waals surface area contributed by atoms with Gasteiger partial charge in [-0.05, 0) is 38.4 Å². The standard InChI is InChI=1S/C14H21N3O3/c1-17(9-11-5-4-8-20-11)10-13(18)16-12-6-2-3-7-15-14(12)19/h4-5,8,12H,2-3,6-7,9-10H2,1H3,(H,15,19)(H,16,18)/t12-/m0/s1. The summed E-state index contributed by atoms with van der Waals surface area (Å²) in [5.41, 5.74) is 0. The summed E-state index contributed by atoms with van der Waals surface area (Å²) in [7, 11) is 1.84. The Morgan fingerprint density at radius 2 is 2.40 bits per heavy atom. The van der Waals surface area contributed by atoms with Crippen molar-refractivity contribution in [3.63, 3.8) is 0 Å². The van der Waals surface area contributed by atoms with Crippen LogP contribution in [0.1, 0.15) is 25.0 Å². The van der Waals surface area contributed by atoms with Crippen molar-refractivity contribution in [2.24, 2.45) is 0 Å². The predicted molar refractivity (Wildman–Crippen MR) is 73.8 cm³/mol. The highest BCUT2D eigenvalue weighted by Crippen LogP contribution is 2.06. The van der Waals surface area contributed by atoms with Gasteiger partial charge in [-0.2, -0.15) is 0 Å². The lowest BCUT2D eigenvalue weighted by atomic mass is 10.1. The van der Waals surface area contributed by atoms with Gasteiger partial charge in [-0.15, -0.1) is 0 Å². The summed E-state index contributed by atoms with van der Waals surface area (Å²) in [6.45, 7) is 1.51. The highest BCUT2D eigenvalue weighted by Gasteiger charge is 2.22. The molecule has 110 valence electrons. The number of likely N-dealkylation sites (N-methyl/N-ethyl adjacent to an activating group) is 1. The number of furan rings is 1. The maximum Gasteiger partial charge on any atom is 0.242 e. The van der Waals surface area contributed by atoms with Crippen LogP contribution in [0.3, 0.4) is 0 Å². The van der Waals surface area contributed by atoms with Crippen LogP contribution in [0.15, 0.2) is 22.8 Å². The third-order valence-electron chi connectivity index (χ3n) is 3.29. The maximum absolute atomic E-state index is 11.9. The van der Waals surface area contributed by atoms with Gasteiger partial charge in [0.05, 0.1) is 19.4 Å². The third-order valence-corrected chi connectivity index (χ3v) is 3.29. The summed E-state index contributed by atoms with van der Waals surface area (Å²) in [6.07, 6.45) is 4.24. The van der Waals surface area contributed by atoms with Crippen molar-refractivity contribution in [3.05, 3.63) is 24.2 Å². The number of nitrogens with one attached hydrogen (secondary N) is 2. The van der Waals surface area contributed by atoms with Crippen molar-refractivity contribution in [1.29, 1.82) is 0 Å². The summed E-state index contributed by atoms with van der Waals surface area (Å²) in [6, 6.07) is 3.29. The molecule has 6 heteroatoms. The normalized spacial score (nSPS) is 19.5. The Hall–Kier alpha value is -1.82. The molecule has 0 bridgehead atoms. The molecule has 6 nitrogen and oxygen atoms in total. The van der Waals surface area contributed by atoms with Crippen LogP contribution in [0.25, 0.3) is 0 Å². The average molecular weight is 279 g/mol. The van der Waals surface area contributed by atoms with Crippen molar-refractivity contribution in [2.45, 2.75) is 31.8 Å². The Kier molecular flexibility index (Phi) is 5.17. The van der Waals surface area contributed by atoms with Crippen molar-refractivity contribution in [3.8, 4) is 0 Å². The molecule has 2 N–H and O–H groups in total. The second-order valence-corrected chi connectivity index (χ2v) is 5.16. The lowest BCUT2D eigenvalue weighted by Crippen LogP contribution is -2.48. The van der Waals surface area contributed by atoms with E-state index in [2.05, 4.69) is 10.6 Å². The zero-order chi connectivity index (χ0) is 14.4. The number of carbonyl (C=O) groups is 2. The van der Waals surface area contributed by atoms with E-state index in [1.54, 1.807) is 6.26 Å². The Morgan fingerprint density at radius 3 is 3.15 bits per heavy atom. The number of rotatable bonds is 5. The monoisotopic (exact) mass is 279 g/mol. The second-order valence-electron chi connectivity index (χ2n) is 5.16. The predicted octanol–water partition coefficient (Wildman–Crippen LogP) is 0.496. The molecule has 0 aliphatic carbocycles. The van der Waals surface area contributed by atoms with Crippen LogP contribution < -0.4 is 10.6 Å². The number of hydrogen-bond acceptors (Lipinski definition) is 4. The summed E-state index contributed by atoms with van der Waals surface area (Å²) in [5.74, 6) is 0.596. The molecule has 1 atom stereocenters. The molecule has 1 fully saturated rings. The highest BCUT2D eigenvalue weighted by molar-refractivity contribution is 5.88. The minimum Gasteiger partial charge on any atom is -0.468 e. The fourth-order valence-corrected chi connectivity index (χ4v) is 2.29. The molecule has 2 heterocycles. The molecular weight excluding hydrogens is 258 g/mol. The fourth-order valence-electron chi connectivity index (χ4n) is 2.29. The zero-order valence-corrected chi connectivity index (χ0v) is 11.7. The van der Waals surface area contributed by atoms with Gasteiger partial charge in [0.25, 0.3) is 0 Å². The van der Waals surface area contributed by atoms with E-state index in [-0.39, 0.29) is 18.4 Å². The molecule has 0 saturated carbocycles. The van der Waals surface area contributed by atoms with Gasteiger partial charge >= 0.3 is 0 Å². The molecule has 0 radical (unpaired) electrons. The van der Waals surface area contributed by atoms with Crippen molar-refractivity contribution in [2.75, 3.05) is 20.1 Å². The number of amides is 2. The molecule has 1 saturated heterocycles. The Bertz CT molecular complexity index is 445. The van der Waals surface area contributed by atoms with Crippen molar-refractivity contribution < 1.29 is 14.0 Å². The minimum atomic E-state index is -0.401.